The third kappa shape index (κ3) is 4.38. The van der Waals surface area contributed by atoms with Gasteiger partial charge in [-0.2, -0.15) is 0 Å². The summed E-state index contributed by atoms with van der Waals surface area (Å²) in [6, 6.07) is 9.36. The number of carbonyl (C=O) groups is 1. The van der Waals surface area contributed by atoms with Crippen molar-refractivity contribution in [1.29, 1.82) is 0 Å². The Morgan fingerprint density at radius 2 is 1.88 bits per heavy atom. The monoisotopic (exact) mass is 355 g/mol. The van der Waals surface area contributed by atoms with E-state index in [1.54, 1.807) is 11.1 Å². The van der Waals surface area contributed by atoms with E-state index in [4.69, 9.17) is 4.74 Å². The molecule has 0 bridgehead atoms. The fourth-order valence-corrected chi connectivity index (χ4v) is 2.92. The first-order valence-electron chi connectivity index (χ1n) is 8.89. The third-order valence-electron chi connectivity index (χ3n) is 4.25. The zero-order chi connectivity index (χ0) is 18.7. The van der Waals surface area contributed by atoms with Crippen LogP contribution in [0.15, 0.2) is 36.5 Å². The second kappa shape index (κ2) is 7.41. The van der Waals surface area contributed by atoms with E-state index in [2.05, 4.69) is 9.97 Å². The van der Waals surface area contributed by atoms with Crippen LogP contribution in [-0.4, -0.2) is 44.8 Å². The van der Waals surface area contributed by atoms with Crippen LogP contribution in [-0.2, 0) is 17.6 Å². The van der Waals surface area contributed by atoms with Gasteiger partial charge in [-0.25, -0.2) is 14.8 Å². The van der Waals surface area contributed by atoms with Crippen LogP contribution in [0, 0.1) is 0 Å². The Balaban J connectivity index is 1.74. The molecule has 2 aromatic rings. The summed E-state index contributed by atoms with van der Waals surface area (Å²) in [5, 5.41) is 10.5. The predicted octanol–water partition coefficient (Wildman–Crippen LogP) is 2.89. The van der Waals surface area contributed by atoms with Crippen LogP contribution in [0.5, 0.6) is 0 Å². The van der Waals surface area contributed by atoms with Crippen molar-refractivity contribution in [1.82, 2.24) is 14.9 Å². The Kier molecular flexibility index (Phi) is 5.23. The maximum Gasteiger partial charge on any atom is 0.410 e. The van der Waals surface area contributed by atoms with E-state index >= 15 is 0 Å². The summed E-state index contributed by atoms with van der Waals surface area (Å²) in [5.41, 5.74) is 2.15. The van der Waals surface area contributed by atoms with E-state index in [1.165, 1.54) is 0 Å². The van der Waals surface area contributed by atoms with Crippen molar-refractivity contribution in [2.24, 2.45) is 0 Å². The number of aliphatic hydroxyl groups excluding tert-OH is 1. The van der Waals surface area contributed by atoms with Gasteiger partial charge in [-0.1, -0.05) is 30.3 Å². The lowest BCUT2D eigenvalue weighted by Crippen LogP contribution is -2.38. The van der Waals surface area contributed by atoms with E-state index in [-0.39, 0.29) is 6.09 Å². The number of carbonyl (C=O) groups excluding carboxylic acids is 1. The molecule has 1 aliphatic heterocycles. The molecule has 0 radical (unpaired) electrons. The summed E-state index contributed by atoms with van der Waals surface area (Å²) in [7, 11) is 0. The molecule has 1 aromatic carbocycles. The van der Waals surface area contributed by atoms with Gasteiger partial charge in [0.05, 0.1) is 0 Å². The quantitative estimate of drug-likeness (QED) is 0.896. The minimum Gasteiger partial charge on any atom is -0.444 e. The summed E-state index contributed by atoms with van der Waals surface area (Å²) < 4.78 is 5.46. The topological polar surface area (TPSA) is 75.5 Å². The molecule has 1 aromatic heterocycles. The molecule has 6 heteroatoms. The highest BCUT2D eigenvalue weighted by Gasteiger charge is 2.25. The summed E-state index contributed by atoms with van der Waals surface area (Å²) in [4.78, 5) is 22.9. The highest BCUT2D eigenvalue weighted by atomic mass is 16.6. The molecular formula is C20H25N3O3. The van der Waals surface area contributed by atoms with Crippen LogP contribution in [0.4, 0.5) is 4.79 Å². The SMILES string of the molecule is CC(C)(C)OC(=O)N1CCc2cnc(C(O)c3ccccc3)nc2CC1. The average molecular weight is 355 g/mol. The molecule has 138 valence electrons. The molecule has 0 fully saturated rings. The molecular weight excluding hydrogens is 330 g/mol. The van der Waals surface area contributed by atoms with Crippen molar-refractivity contribution in [2.45, 2.75) is 45.3 Å². The Morgan fingerprint density at radius 1 is 1.19 bits per heavy atom. The highest BCUT2D eigenvalue weighted by molar-refractivity contribution is 5.68. The standard InChI is InChI=1S/C20H25N3O3/c1-20(2,3)26-19(25)23-11-9-15-13-21-18(22-16(15)10-12-23)17(24)14-7-5-4-6-8-14/h4-8,13,17,24H,9-12H2,1-3H3. The van der Waals surface area contributed by atoms with Gasteiger partial charge in [0, 0.05) is 31.4 Å². The molecule has 1 atom stereocenters. The van der Waals surface area contributed by atoms with Gasteiger partial charge < -0.3 is 14.7 Å². The van der Waals surface area contributed by atoms with Gasteiger partial charge in [-0.05, 0) is 38.3 Å². The third-order valence-corrected chi connectivity index (χ3v) is 4.25. The van der Waals surface area contributed by atoms with Crippen molar-refractivity contribution >= 4 is 6.09 Å². The number of aliphatic hydroxyl groups is 1. The Hall–Kier alpha value is -2.47. The van der Waals surface area contributed by atoms with Gasteiger partial charge >= 0.3 is 6.09 Å². The molecule has 1 amide bonds. The molecule has 0 spiro atoms. The Morgan fingerprint density at radius 3 is 2.58 bits per heavy atom. The Labute approximate surface area is 153 Å². The van der Waals surface area contributed by atoms with Crippen LogP contribution in [0.25, 0.3) is 0 Å². The molecule has 3 rings (SSSR count). The summed E-state index contributed by atoms with van der Waals surface area (Å²) in [6.07, 6.45) is 1.90. The zero-order valence-corrected chi connectivity index (χ0v) is 15.5. The number of aromatic nitrogens is 2. The number of fused-ring (bicyclic) bond motifs is 1. The van der Waals surface area contributed by atoms with Crippen LogP contribution in [0.3, 0.4) is 0 Å². The molecule has 0 aliphatic carbocycles. The molecule has 0 saturated heterocycles. The molecule has 26 heavy (non-hydrogen) atoms. The molecule has 2 heterocycles. The zero-order valence-electron chi connectivity index (χ0n) is 15.5. The maximum absolute atomic E-state index is 12.3. The largest absolute Gasteiger partial charge is 0.444 e. The van der Waals surface area contributed by atoms with Gasteiger partial charge in [0.2, 0.25) is 0 Å². The van der Waals surface area contributed by atoms with E-state index in [1.807, 2.05) is 51.1 Å². The lowest BCUT2D eigenvalue weighted by atomic mass is 10.1. The minimum atomic E-state index is -0.855. The maximum atomic E-state index is 12.3. The predicted molar refractivity (Wildman–Crippen MR) is 97.8 cm³/mol. The van der Waals surface area contributed by atoms with E-state index < -0.39 is 11.7 Å². The smallest absolute Gasteiger partial charge is 0.410 e. The second-order valence-corrected chi connectivity index (χ2v) is 7.48. The fraction of sp³-hybridized carbons (Fsp3) is 0.450. The van der Waals surface area contributed by atoms with E-state index in [9.17, 15) is 9.90 Å². The number of amides is 1. The van der Waals surface area contributed by atoms with Crippen LogP contribution in [0.1, 0.15) is 49.5 Å². The number of hydrogen-bond donors (Lipinski definition) is 1. The van der Waals surface area contributed by atoms with Crippen molar-refractivity contribution < 1.29 is 14.6 Å². The van der Waals surface area contributed by atoms with Gasteiger partial charge in [0.1, 0.15) is 11.7 Å². The fourth-order valence-electron chi connectivity index (χ4n) is 2.92. The van der Waals surface area contributed by atoms with Gasteiger partial charge in [0.25, 0.3) is 0 Å². The normalized spacial score (nSPS) is 15.8. The first-order valence-corrected chi connectivity index (χ1v) is 8.89. The molecule has 1 aliphatic rings. The lowest BCUT2D eigenvalue weighted by Gasteiger charge is -2.26. The summed E-state index contributed by atoms with van der Waals surface area (Å²) >= 11 is 0. The number of benzene rings is 1. The summed E-state index contributed by atoms with van der Waals surface area (Å²) in [6.45, 7) is 6.70. The molecule has 1 unspecified atom stereocenters. The van der Waals surface area contributed by atoms with Crippen LogP contribution >= 0.6 is 0 Å². The van der Waals surface area contributed by atoms with Crippen molar-refractivity contribution in [2.75, 3.05) is 13.1 Å². The van der Waals surface area contributed by atoms with Gasteiger partial charge in [0.15, 0.2) is 5.82 Å². The molecule has 1 N–H and O–H groups in total. The van der Waals surface area contributed by atoms with Crippen LogP contribution < -0.4 is 0 Å². The number of rotatable bonds is 2. The van der Waals surface area contributed by atoms with Crippen molar-refractivity contribution in [3.8, 4) is 0 Å². The number of nitrogens with zero attached hydrogens (tertiary/aromatic N) is 3. The highest BCUT2D eigenvalue weighted by Crippen LogP contribution is 2.21. The van der Waals surface area contributed by atoms with Crippen molar-refractivity contribution in [3.63, 3.8) is 0 Å². The second-order valence-electron chi connectivity index (χ2n) is 7.48. The van der Waals surface area contributed by atoms with E-state index in [0.29, 0.717) is 31.8 Å². The van der Waals surface area contributed by atoms with Crippen LogP contribution in [0.2, 0.25) is 0 Å². The first kappa shape index (κ1) is 18.3. The molecule has 0 saturated carbocycles. The van der Waals surface area contributed by atoms with Gasteiger partial charge in [-0.3, -0.25) is 0 Å². The van der Waals surface area contributed by atoms with Gasteiger partial charge in [-0.15, -0.1) is 0 Å². The minimum absolute atomic E-state index is 0.303. The van der Waals surface area contributed by atoms with Crippen molar-refractivity contribution in [3.05, 3.63) is 59.2 Å². The molecule has 6 nitrogen and oxygen atoms in total. The number of ether oxygens (including phenoxy) is 1. The summed E-state index contributed by atoms with van der Waals surface area (Å²) in [5.74, 6) is 0.390. The number of hydrogen-bond acceptors (Lipinski definition) is 5. The Bertz CT molecular complexity index is 772. The lowest BCUT2D eigenvalue weighted by molar-refractivity contribution is 0.0258. The average Bonchev–Trinajstić information content (AvgIpc) is 2.82. The van der Waals surface area contributed by atoms with E-state index in [0.717, 1.165) is 16.8 Å². The first-order chi connectivity index (χ1) is 12.3.